The number of nitrogens with zero attached hydrogens (tertiary/aromatic N) is 5. The van der Waals surface area contributed by atoms with Crippen molar-refractivity contribution in [1.82, 2.24) is 19.6 Å². The van der Waals surface area contributed by atoms with E-state index in [1.807, 2.05) is 36.1 Å². The molecule has 2 aromatic heterocycles. The second-order valence-electron chi connectivity index (χ2n) is 20.2. The molecule has 3 N–H and O–H groups in total. The van der Waals surface area contributed by atoms with Crippen LogP contribution in [0, 0.1) is 21.4 Å². The Labute approximate surface area is 396 Å². The summed E-state index contributed by atoms with van der Waals surface area (Å²) in [5.41, 5.74) is 5.79. The first kappa shape index (κ1) is 44.6. The van der Waals surface area contributed by atoms with Crippen LogP contribution in [-0.2, 0) is 14.8 Å². The zero-order valence-corrected chi connectivity index (χ0v) is 39.7. The summed E-state index contributed by atoms with van der Waals surface area (Å²) >= 11 is 0. The third-order valence-corrected chi connectivity index (χ3v) is 17.0. The lowest BCUT2D eigenvalue weighted by atomic mass is 9.59. The number of sulfonamides is 1. The first-order valence-electron chi connectivity index (χ1n) is 24.4. The molecule has 68 heavy (non-hydrogen) atoms. The van der Waals surface area contributed by atoms with Crippen LogP contribution in [0.15, 0.2) is 77.8 Å². The highest BCUT2D eigenvalue weighted by atomic mass is 32.2. The number of rotatable bonds is 10. The quantitative estimate of drug-likeness (QED) is 0.0892. The Hall–Kier alpha value is -5.91. The molecule has 0 bridgehead atoms. The lowest BCUT2D eigenvalue weighted by molar-refractivity contribution is -0.384. The minimum Gasteiger partial charge on any atom is -0.489 e. The van der Waals surface area contributed by atoms with Crippen molar-refractivity contribution in [3.8, 4) is 11.6 Å². The monoisotopic (exact) mass is 944 g/mol. The standard InChI is InChI=1S/C51H60N8O8S/c1-31(2)38-7-4-5-8-39(38)42-9-6-18-57(42)36-27-51(28-36)15-19-56(20-16-51)35-10-11-40(43(24-35)58-29-32(3)67-50-45(58)23-34-12-17-52-48(34)54-50)49(60)55-68(63,64)37-25-44(59(61)62)47-46(26-37)66-30-41(53-47)33-13-21-65-22-14-33/h4-5,7-8,10-12,17,23-26,31-33,36,41-42,53H,6,9,13-16,18-22,27-30H2,1-3H3,(H,52,54)(H,55,60)/t32-,41+,42+/m1/s1. The second kappa shape index (κ2) is 17.6. The molecule has 5 aromatic rings. The molecule has 3 saturated heterocycles. The number of benzene rings is 3. The van der Waals surface area contributed by atoms with Gasteiger partial charge < -0.3 is 34.3 Å². The van der Waals surface area contributed by atoms with Crippen molar-refractivity contribution in [2.24, 2.45) is 11.3 Å². The molecule has 1 saturated carbocycles. The van der Waals surface area contributed by atoms with Crippen LogP contribution in [0.4, 0.5) is 28.4 Å². The fourth-order valence-corrected chi connectivity index (χ4v) is 13.0. The Morgan fingerprint density at radius 1 is 0.985 bits per heavy atom. The minimum absolute atomic E-state index is 0.0382. The van der Waals surface area contributed by atoms with E-state index >= 15 is 0 Å². The van der Waals surface area contributed by atoms with Crippen LogP contribution < -0.4 is 29.3 Å². The van der Waals surface area contributed by atoms with Crippen LogP contribution in [0.25, 0.3) is 11.0 Å². The van der Waals surface area contributed by atoms with E-state index in [1.165, 1.54) is 42.9 Å². The summed E-state index contributed by atoms with van der Waals surface area (Å²) in [4.78, 5) is 41.0. The van der Waals surface area contributed by atoms with Gasteiger partial charge in [-0.3, -0.25) is 19.8 Å². The van der Waals surface area contributed by atoms with Crippen LogP contribution in [0.1, 0.15) is 106 Å². The number of amides is 1. The Morgan fingerprint density at radius 3 is 2.56 bits per heavy atom. The van der Waals surface area contributed by atoms with Gasteiger partial charge in [0, 0.05) is 67.8 Å². The number of ether oxygens (including phenoxy) is 3. The van der Waals surface area contributed by atoms with Crippen LogP contribution in [0.5, 0.6) is 11.6 Å². The number of likely N-dealkylation sites (tertiary alicyclic amines) is 1. The molecule has 16 nitrogen and oxygen atoms in total. The van der Waals surface area contributed by atoms with Crippen molar-refractivity contribution in [2.75, 3.05) is 61.1 Å². The lowest BCUT2D eigenvalue weighted by Gasteiger charge is -2.56. The Kier molecular flexibility index (Phi) is 11.5. The van der Waals surface area contributed by atoms with E-state index in [1.54, 1.807) is 12.3 Å². The van der Waals surface area contributed by atoms with Crippen molar-refractivity contribution in [3.05, 3.63) is 99.7 Å². The number of aromatic amines is 1. The molecule has 3 atom stereocenters. The minimum atomic E-state index is -4.65. The molecule has 1 aliphatic carbocycles. The van der Waals surface area contributed by atoms with Gasteiger partial charge in [0.15, 0.2) is 11.4 Å². The fourth-order valence-electron chi connectivity index (χ4n) is 12.0. The second-order valence-corrected chi connectivity index (χ2v) is 21.9. The number of nitro groups is 1. The molecule has 4 fully saturated rings. The summed E-state index contributed by atoms with van der Waals surface area (Å²) in [6.45, 7) is 11.1. The molecule has 0 unspecified atom stereocenters. The maximum Gasteiger partial charge on any atom is 0.297 e. The third kappa shape index (κ3) is 8.19. The van der Waals surface area contributed by atoms with E-state index in [2.05, 4.69) is 62.9 Å². The first-order valence-corrected chi connectivity index (χ1v) is 25.8. The lowest BCUT2D eigenvalue weighted by Crippen LogP contribution is -2.55. The van der Waals surface area contributed by atoms with Gasteiger partial charge in [-0.25, -0.2) is 13.1 Å². The summed E-state index contributed by atoms with van der Waals surface area (Å²) in [7, 11) is -4.65. The van der Waals surface area contributed by atoms with Crippen molar-refractivity contribution in [1.29, 1.82) is 0 Å². The number of fused-ring (bicyclic) bond motifs is 3. The van der Waals surface area contributed by atoms with Crippen LogP contribution >= 0.6 is 0 Å². The predicted octanol–water partition coefficient (Wildman–Crippen LogP) is 8.82. The van der Waals surface area contributed by atoms with Gasteiger partial charge in [-0.2, -0.15) is 4.98 Å². The third-order valence-electron chi connectivity index (χ3n) is 15.7. The summed E-state index contributed by atoms with van der Waals surface area (Å²) in [5, 5.41) is 16.6. The van der Waals surface area contributed by atoms with E-state index in [0.717, 1.165) is 62.5 Å². The molecule has 358 valence electrons. The fraction of sp³-hybridized carbons (Fsp3) is 0.490. The number of hydrogen-bond acceptors (Lipinski definition) is 13. The molecule has 3 aromatic carbocycles. The largest absolute Gasteiger partial charge is 0.489 e. The Balaban J connectivity index is 0.857. The highest BCUT2D eigenvalue weighted by Gasteiger charge is 2.50. The van der Waals surface area contributed by atoms with Gasteiger partial charge in [0.2, 0.25) is 5.88 Å². The predicted molar refractivity (Wildman–Crippen MR) is 260 cm³/mol. The number of piperidine rings is 1. The molecular formula is C51H60N8O8S. The maximum absolute atomic E-state index is 14.5. The molecule has 0 radical (unpaired) electrons. The summed E-state index contributed by atoms with van der Waals surface area (Å²) < 4.78 is 48.4. The number of aromatic nitrogens is 2. The van der Waals surface area contributed by atoms with Crippen molar-refractivity contribution in [2.45, 2.75) is 107 Å². The van der Waals surface area contributed by atoms with E-state index in [0.29, 0.717) is 66.1 Å². The number of nitro benzene ring substituents is 1. The normalized spacial score (nSPS) is 23.1. The number of nitrogens with one attached hydrogen (secondary N) is 3. The molecule has 11 rings (SSSR count). The van der Waals surface area contributed by atoms with Crippen LogP contribution in [0.2, 0.25) is 0 Å². The topological polar surface area (TPSA) is 184 Å². The van der Waals surface area contributed by atoms with Gasteiger partial charge in [-0.15, -0.1) is 0 Å². The summed E-state index contributed by atoms with van der Waals surface area (Å²) in [5.74, 6) is 0.225. The molecule has 1 spiro atoms. The molecule has 6 aliphatic rings. The van der Waals surface area contributed by atoms with Gasteiger partial charge in [0.05, 0.1) is 33.7 Å². The smallest absolute Gasteiger partial charge is 0.297 e. The van der Waals surface area contributed by atoms with E-state index in [4.69, 9.17) is 19.2 Å². The van der Waals surface area contributed by atoms with E-state index < -0.39 is 31.4 Å². The molecule has 17 heteroatoms. The van der Waals surface area contributed by atoms with Gasteiger partial charge in [0.25, 0.3) is 21.6 Å². The number of carbonyl (C=O) groups is 1. The molecule has 1 amide bonds. The highest BCUT2D eigenvalue weighted by molar-refractivity contribution is 7.90. The average Bonchev–Trinajstić information content (AvgIpc) is 4.02. The van der Waals surface area contributed by atoms with E-state index in [9.17, 15) is 23.3 Å². The Bertz CT molecular complexity index is 2870. The highest BCUT2D eigenvalue weighted by Crippen LogP contribution is 2.55. The maximum atomic E-state index is 14.5. The number of pyridine rings is 1. The molecular weight excluding hydrogens is 885 g/mol. The van der Waals surface area contributed by atoms with Crippen LogP contribution in [-0.4, -0.2) is 98.3 Å². The average molecular weight is 945 g/mol. The first-order chi connectivity index (χ1) is 32.8. The number of anilines is 4. The molecule has 5 aliphatic heterocycles. The van der Waals surface area contributed by atoms with Gasteiger partial charge in [-0.1, -0.05) is 38.1 Å². The van der Waals surface area contributed by atoms with Crippen LogP contribution in [0.3, 0.4) is 0 Å². The van der Waals surface area contributed by atoms with Crippen molar-refractivity contribution >= 4 is 55.4 Å². The number of H-pyrrole nitrogens is 1. The Morgan fingerprint density at radius 2 is 1.78 bits per heavy atom. The van der Waals surface area contributed by atoms with Crippen molar-refractivity contribution < 1.29 is 32.3 Å². The van der Waals surface area contributed by atoms with Gasteiger partial charge >= 0.3 is 0 Å². The zero-order chi connectivity index (χ0) is 46.9. The summed E-state index contributed by atoms with van der Waals surface area (Å²) in [6, 6.07) is 21.5. The van der Waals surface area contributed by atoms with Gasteiger partial charge in [-0.05, 0) is 124 Å². The number of carbonyl (C=O) groups excluding carboxylic acids is 1. The number of hydrogen-bond donors (Lipinski definition) is 3. The SMILES string of the molecule is CC(C)c1ccccc1[C@@H]1CCCN1C1CC2(CCN(c3ccc(C(=O)NS(=O)(=O)c4cc5c(c([N+](=O)[O-])c4)N[C@H](C4CCOCC4)CO5)c(N4C[C@@H](C)Oc5nc6[nH]ccc6cc54)c3)CC2)C1. The van der Waals surface area contributed by atoms with Gasteiger partial charge in [0.1, 0.15) is 24.0 Å². The zero-order valence-electron chi connectivity index (χ0n) is 38.9. The molecule has 7 heterocycles. The summed E-state index contributed by atoms with van der Waals surface area (Å²) in [6.07, 6.45) is 10.0. The van der Waals surface area contributed by atoms with E-state index in [-0.39, 0.29) is 41.7 Å². The van der Waals surface area contributed by atoms with Crippen molar-refractivity contribution in [3.63, 3.8) is 0 Å².